The second kappa shape index (κ2) is 7.31. The summed E-state index contributed by atoms with van der Waals surface area (Å²) >= 11 is 5.89. The average Bonchev–Trinajstić information content (AvgIpc) is 3.28. The quantitative estimate of drug-likeness (QED) is 0.721. The molecule has 1 aromatic rings. The molecule has 1 aromatic carbocycles. The van der Waals surface area contributed by atoms with Crippen molar-refractivity contribution in [1.29, 1.82) is 0 Å². The van der Waals surface area contributed by atoms with E-state index in [0.717, 1.165) is 18.4 Å². The van der Waals surface area contributed by atoms with Gasteiger partial charge in [0.2, 0.25) is 0 Å². The van der Waals surface area contributed by atoms with Crippen molar-refractivity contribution in [2.24, 2.45) is 5.41 Å². The highest BCUT2D eigenvalue weighted by Gasteiger charge is 2.42. The maximum Gasteiger partial charge on any atom is 0.315 e. The van der Waals surface area contributed by atoms with Crippen LogP contribution in [0.1, 0.15) is 31.4 Å². The van der Waals surface area contributed by atoms with E-state index in [1.165, 1.54) is 0 Å². The molecule has 0 bridgehead atoms. The number of aliphatic hydroxyl groups excluding tert-OH is 1. The second-order valence-corrected chi connectivity index (χ2v) is 6.42. The summed E-state index contributed by atoms with van der Waals surface area (Å²) in [6.45, 7) is 2.51. The van der Waals surface area contributed by atoms with E-state index in [1.54, 1.807) is 19.2 Å². The number of nitrogens with one attached hydrogen (secondary N) is 2. The van der Waals surface area contributed by atoms with Crippen LogP contribution in [0.2, 0.25) is 5.02 Å². The molecule has 2 unspecified atom stereocenters. The highest BCUT2D eigenvalue weighted by Crippen LogP contribution is 2.44. The molecule has 2 rings (SSSR count). The lowest BCUT2D eigenvalue weighted by atomic mass is 10.0. The molecule has 1 saturated carbocycles. The first kappa shape index (κ1) is 17.1. The molecule has 22 heavy (non-hydrogen) atoms. The molecule has 0 aromatic heterocycles. The van der Waals surface area contributed by atoms with Crippen LogP contribution in [-0.4, -0.2) is 37.4 Å². The summed E-state index contributed by atoms with van der Waals surface area (Å²) in [7, 11) is 1.61. The van der Waals surface area contributed by atoms with Crippen LogP contribution < -0.4 is 10.6 Å². The van der Waals surface area contributed by atoms with Crippen molar-refractivity contribution >= 4 is 17.6 Å². The summed E-state index contributed by atoms with van der Waals surface area (Å²) in [4.78, 5) is 12.0. The molecule has 122 valence electrons. The molecule has 0 aliphatic heterocycles. The van der Waals surface area contributed by atoms with Gasteiger partial charge in [-0.15, -0.1) is 0 Å². The number of hydrogen-bond donors (Lipinski definition) is 3. The topological polar surface area (TPSA) is 70.6 Å². The highest BCUT2D eigenvalue weighted by molar-refractivity contribution is 6.30. The predicted octanol–water partition coefficient (Wildman–Crippen LogP) is 2.49. The Morgan fingerprint density at radius 2 is 2.05 bits per heavy atom. The molecule has 0 heterocycles. The maximum absolute atomic E-state index is 12.0. The van der Waals surface area contributed by atoms with Gasteiger partial charge in [-0.05, 0) is 37.5 Å². The van der Waals surface area contributed by atoms with Gasteiger partial charge < -0.3 is 20.5 Å². The number of halogens is 1. The number of carbonyl (C=O) groups excluding carboxylic acids is 1. The number of aliphatic hydroxyl groups is 1. The lowest BCUT2D eigenvalue weighted by Gasteiger charge is -2.25. The number of hydrogen-bond acceptors (Lipinski definition) is 3. The average molecular weight is 327 g/mol. The van der Waals surface area contributed by atoms with E-state index >= 15 is 0 Å². The van der Waals surface area contributed by atoms with E-state index < -0.39 is 0 Å². The first-order valence-electron chi connectivity index (χ1n) is 7.43. The van der Waals surface area contributed by atoms with E-state index in [1.807, 2.05) is 19.1 Å². The van der Waals surface area contributed by atoms with Crippen molar-refractivity contribution in [3.8, 4) is 0 Å². The van der Waals surface area contributed by atoms with E-state index in [4.69, 9.17) is 16.3 Å². The van der Waals surface area contributed by atoms with Crippen molar-refractivity contribution in [2.75, 3.05) is 20.3 Å². The van der Waals surface area contributed by atoms with Gasteiger partial charge in [-0.2, -0.15) is 0 Å². The Kier molecular flexibility index (Phi) is 5.67. The molecule has 1 fully saturated rings. The number of ether oxygens (including phenoxy) is 1. The van der Waals surface area contributed by atoms with Crippen molar-refractivity contribution in [2.45, 2.75) is 31.9 Å². The standard InChI is InChI=1S/C16H23ClN2O3/c1-11(14(22-2)12-3-5-13(17)6-4-12)19-15(21)18-9-16(10-20)7-8-16/h3-6,11,14,20H,7-10H2,1-2H3,(H2,18,19,21). The predicted molar refractivity (Wildman–Crippen MR) is 86.0 cm³/mol. The Morgan fingerprint density at radius 1 is 1.41 bits per heavy atom. The van der Waals surface area contributed by atoms with Crippen LogP contribution >= 0.6 is 11.6 Å². The smallest absolute Gasteiger partial charge is 0.315 e. The third-order valence-corrected chi connectivity index (χ3v) is 4.43. The van der Waals surface area contributed by atoms with Crippen molar-refractivity contribution in [3.05, 3.63) is 34.9 Å². The van der Waals surface area contributed by atoms with Gasteiger partial charge >= 0.3 is 6.03 Å². The van der Waals surface area contributed by atoms with E-state index in [9.17, 15) is 9.90 Å². The fourth-order valence-electron chi connectivity index (χ4n) is 2.45. The molecule has 1 aliphatic rings. The highest BCUT2D eigenvalue weighted by atomic mass is 35.5. The van der Waals surface area contributed by atoms with Crippen molar-refractivity contribution in [1.82, 2.24) is 10.6 Å². The molecule has 0 saturated heterocycles. The lowest BCUT2D eigenvalue weighted by molar-refractivity contribution is 0.0760. The summed E-state index contributed by atoms with van der Waals surface area (Å²) < 4.78 is 5.49. The monoisotopic (exact) mass is 326 g/mol. The van der Waals surface area contributed by atoms with Gasteiger partial charge in [-0.25, -0.2) is 4.79 Å². The number of benzene rings is 1. The Balaban J connectivity index is 1.87. The fourth-order valence-corrected chi connectivity index (χ4v) is 2.58. The van der Waals surface area contributed by atoms with Crippen LogP contribution in [0.3, 0.4) is 0 Å². The molecule has 0 radical (unpaired) electrons. The van der Waals surface area contributed by atoms with Crippen LogP contribution in [0.15, 0.2) is 24.3 Å². The SMILES string of the molecule is COC(c1ccc(Cl)cc1)C(C)NC(=O)NCC1(CO)CC1. The van der Waals surface area contributed by atoms with Crippen LogP contribution in [0.25, 0.3) is 0 Å². The summed E-state index contributed by atoms with van der Waals surface area (Å²) in [6, 6.07) is 6.93. The van der Waals surface area contributed by atoms with Gasteiger partial charge in [0.25, 0.3) is 0 Å². The largest absolute Gasteiger partial charge is 0.396 e. The maximum atomic E-state index is 12.0. The molecule has 5 nitrogen and oxygen atoms in total. The van der Waals surface area contributed by atoms with Gasteiger partial charge in [0.1, 0.15) is 6.10 Å². The first-order chi connectivity index (χ1) is 10.5. The van der Waals surface area contributed by atoms with Crippen molar-refractivity contribution in [3.63, 3.8) is 0 Å². The second-order valence-electron chi connectivity index (χ2n) is 5.98. The van der Waals surface area contributed by atoms with Gasteiger partial charge in [0.05, 0.1) is 12.6 Å². The Hall–Kier alpha value is -1.30. The number of urea groups is 1. The molecule has 3 N–H and O–H groups in total. The molecule has 2 amide bonds. The van der Waals surface area contributed by atoms with Gasteiger partial charge in [0, 0.05) is 24.1 Å². The molecule has 6 heteroatoms. The zero-order valence-electron chi connectivity index (χ0n) is 12.9. The third kappa shape index (κ3) is 4.35. The number of amides is 2. The van der Waals surface area contributed by atoms with E-state index in [2.05, 4.69) is 10.6 Å². The van der Waals surface area contributed by atoms with Crippen LogP contribution in [0.4, 0.5) is 4.79 Å². The molecule has 2 atom stereocenters. The summed E-state index contributed by atoms with van der Waals surface area (Å²) in [6.07, 6.45) is 1.67. The van der Waals surface area contributed by atoms with Crippen LogP contribution in [-0.2, 0) is 4.74 Å². The summed E-state index contributed by atoms with van der Waals surface area (Å²) in [5, 5.41) is 15.6. The minimum atomic E-state index is -0.254. The van der Waals surface area contributed by atoms with Gasteiger partial charge in [0.15, 0.2) is 0 Å². The minimum absolute atomic E-state index is 0.0998. The molecule has 0 spiro atoms. The van der Waals surface area contributed by atoms with Crippen LogP contribution in [0, 0.1) is 5.41 Å². The zero-order chi connectivity index (χ0) is 16.2. The van der Waals surface area contributed by atoms with E-state index in [0.29, 0.717) is 11.6 Å². The number of rotatable bonds is 7. The molecule has 1 aliphatic carbocycles. The van der Waals surface area contributed by atoms with Crippen molar-refractivity contribution < 1.29 is 14.6 Å². The Labute approximate surface area is 136 Å². The Bertz CT molecular complexity index is 503. The van der Waals surface area contributed by atoms with Gasteiger partial charge in [-0.1, -0.05) is 23.7 Å². The Morgan fingerprint density at radius 3 is 2.55 bits per heavy atom. The minimum Gasteiger partial charge on any atom is -0.396 e. The zero-order valence-corrected chi connectivity index (χ0v) is 13.7. The lowest BCUT2D eigenvalue weighted by Crippen LogP contribution is -2.45. The first-order valence-corrected chi connectivity index (χ1v) is 7.81. The number of methoxy groups -OCH3 is 1. The summed E-state index contributed by atoms with van der Waals surface area (Å²) in [5.74, 6) is 0. The normalized spacial score (nSPS) is 18.4. The number of carbonyl (C=O) groups is 1. The van der Waals surface area contributed by atoms with Crippen LogP contribution in [0.5, 0.6) is 0 Å². The van der Waals surface area contributed by atoms with E-state index in [-0.39, 0.29) is 30.2 Å². The fraction of sp³-hybridized carbons (Fsp3) is 0.562. The summed E-state index contributed by atoms with van der Waals surface area (Å²) in [5.41, 5.74) is 0.853. The molecular weight excluding hydrogens is 304 g/mol. The molecular formula is C16H23ClN2O3. The van der Waals surface area contributed by atoms with Gasteiger partial charge in [-0.3, -0.25) is 0 Å². The third-order valence-electron chi connectivity index (χ3n) is 4.18.